The summed E-state index contributed by atoms with van der Waals surface area (Å²) in [6.07, 6.45) is 0.554. The molecule has 0 heterocycles. The fourth-order valence-corrected chi connectivity index (χ4v) is 1.56. The molecule has 0 bridgehead atoms. The molecule has 0 aromatic heterocycles. The van der Waals surface area contributed by atoms with Crippen molar-refractivity contribution in [2.24, 2.45) is 5.73 Å². The van der Waals surface area contributed by atoms with Gasteiger partial charge in [-0.3, -0.25) is 14.4 Å². The Morgan fingerprint density at radius 3 is 2.68 bits per heavy atom. The van der Waals surface area contributed by atoms with Gasteiger partial charge in [-0.1, -0.05) is 0 Å². The molecule has 0 saturated heterocycles. The Morgan fingerprint density at radius 2 is 2.16 bits per heavy atom. The van der Waals surface area contributed by atoms with E-state index in [1.807, 2.05) is 0 Å². The van der Waals surface area contributed by atoms with E-state index in [-0.39, 0.29) is 22.8 Å². The van der Waals surface area contributed by atoms with Gasteiger partial charge in [-0.2, -0.15) is 12.6 Å². The lowest BCUT2D eigenvalue weighted by Gasteiger charge is -2.11. The first kappa shape index (κ1) is 15.2. The van der Waals surface area contributed by atoms with Crippen LogP contribution in [0.3, 0.4) is 0 Å². The van der Waals surface area contributed by atoms with Crippen LogP contribution in [-0.4, -0.2) is 36.9 Å². The van der Waals surface area contributed by atoms with Gasteiger partial charge in [0.05, 0.1) is 6.04 Å². The number of thiol groups is 1. The molecule has 102 valence electrons. The Hall–Kier alpha value is -1.86. The van der Waals surface area contributed by atoms with Crippen LogP contribution < -0.4 is 16.4 Å². The van der Waals surface area contributed by atoms with E-state index in [0.29, 0.717) is 12.0 Å². The van der Waals surface area contributed by atoms with Crippen LogP contribution in [0.25, 0.3) is 0 Å². The van der Waals surface area contributed by atoms with Crippen LogP contribution in [0, 0.1) is 0 Å². The zero-order chi connectivity index (χ0) is 14.4. The Balaban J connectivity index is 2.97. The van der Waals surface area contributed by atoms with E-state index in [1.165, 1.54) is 25.2 Å². The number of nitrogens with one attached hydrogen (secondary N) is 2. The fourth-order valence-electron chi connectivity index (χ4n) is 1.40. The standard InChI is InChI=1S/C12H15N3O3S/c1-14-11(17)9-3-2-8(4-7(9)5-16)15-12(18)10(13)6-19/h2-5,10,19H,6,13H2,1H3,(H,14,17)(H,15,18). The third-order valence-corrected chi connectivity index (χ3v) is 2.84. The average molecular weight is 281 g/mol. The SMILES string of the molecule is CNC(=O)c1ccc(NC(=O)C(N)CS)cc1C=O. The highest BCUT2D eigenvalue weighted by atomic mass is 32.1. The summed E-state index contributed by atoms with van der Waals surface area (Å²) in [6, 6.07) is 3.67. The molecule has 0 aliphatic carbocycles. The van der Waals surface area contributed by atoms with Gasteiger partial charge >= 0.3 is 0 Å². The maximum Gasteiger partial charge on any atom is 0.251 e. The first-order valence-electron chi connectivity index (χ1n) is 5.52. The second kappa shape index (κ2) is 6.91. The lowest BCUT2D eigenvalue weighted by Crippen LogP contribution is -2.37. The zero-order valence-electron chi connectivity index (χ0n) is 10.3. The van der Waals surface area contributed by atoms with Crippen molar-refractivity contribution in [3.63, 3.8) is 0 Å². The second-order valence-corrected chi connectivity index (χ2v) is 4.14. The van der Waals surface area contributed by atoms with Crippen molar-refractivity contribution in [3.05, 3.63) is 29.3 Å². The van der Waals surface area contributed by atoms with E-state index >= 15 is 0 Å². The summed E-state index contributed by atoms with van der Waals surface area (Å²) < 4.78 is 0. The van der Waals surface area contributed by atoms with Crippen molar-refractivity contribution in [3.8, 4) is 0 Å². The number of aldehydes is 1. The maximum absolute atomic E-state index is 11.6. The molecule has 1 rings (SSSR count). The Bertz CT molecular complexity index is 505. The van der Waals surface area contributed by atoms with E-state index in [4.69, 9.17) is 5.73 Å². The molecule has 0 spiro atoms. The van der Waals surface area contributed by atoms with Gasteiger partial charge in [-0.05, 0) is 18.2 Å². The van der Waals surface area contributed by atoms with Crippen LogP contribution in [0.15, 0.2) is 18.2 Å². The minimum absolute atomic E-state index is 0.191. The molecule has 1 unspecified atom stereocenters. The van der Waals surface area contributed by atoms with Gasteiger partial charge in [0.15, 0.2) is 6.29 Å². The smallest absolute Gasteiger partial charge is 0.251 e. The van der Waals surface area contributed by atoms with Crippen molar-refractivity contribution in [2.75, 3.05) is 18.1 Å². The normalized spacial score (nSPS) is 11.5. The number of nitrogens with two attached hydrogens (primary N) is 1. The minimum Gasteiger partial charge on any atom is -0.355 e. The van der Waals surface area contributed by atoms with Gasteiger partial charge < -0.3 is 16.4 Å². The molecule has 0 fully saturated rings. The van der Waals surface area contributed by atoms with Gasteiger partial charge in [0, 0.05) is 29.6 Å². The number of hydrogen-bond acceptors (Lipinski definition) is 5. The van der Waals surface area contributed by atoms with Crippen LogP contribution in [0.5, 0.6) is 0 Å². The number of hydrogen-bond donors (Lipinski definition) is 4. The van der Waals surface area contributed by atoms with E-state index < -0.39 is 11.9 Å². The van der Waals surface area contributed by atoms with Crippen molar-refractivity contribution in [1.29, 1.82) is 0 Å². The first-order chi connectivity index (χ1) is 9.03. The highest BCUT2D eigenvalue weighted by Gasteiger charge is 2.14. The van der Waals surface area contributed by atoms with Gasteiger partial charge in [0.1, 0.15) is 0 Å². The number of benzene rings is 1. The molecule has 1 aromatic carbocycles. The number of amides is 2. The number of carbonyl (C=O) groups excluding carboxylic acids is 3. The molecule has 1 aromatic rings. The number of rotatable bonds is 5. The first-order valence-corrected chi connectivity index (χ1v) is 6.15. The van der Waals surface area contributed by atoms with Crippen molar-refractivity contribution >= 4 is 36.4 Å². The fraction of sp³-hybridized carbons (Fsp3) is 0.250. The van der Waals surface area contributed by atoms with Gasteiger partial charge in [0.25, 0.3) is 5.91 Å². The average Bonchev–Trinajstić information content (AvgIpc) is 2.45. The van der Waals surface area contributed by atoms with Crippen LogP contribution in [0.2, 0.25) is 0 Å². The van der Waals surface area contributed by atoms with Crippen molar-refractivity contribution in [2.45, 2.75) is 6.04 Å². The predicted octanol–water partition coefficient (Wildman–Crippen LogP) is 0.0543. The Kier molecular flexibility index (Phi) is 5.53. The minimum atomic E-state index is -0.735. The molecule has 0 aliphatic rings. The monoisotopic (exact) mass is 281 g/mol. The maximum atomic E-state index is 11.6. The molecule has 0 radical (unpaired) electrons. The van der Waals surface area contributed by atoms with E-state index in [1.54, 1.807) is 0 Å². The van der Waals surface area contributed by atoms with Crippen molar-refractivity contribution in [1.82, 2.24) is 5.32 Å². The summed E-state index contributed by atoms with van der Waals surface area (Å²) in [5.41, 5.74) is 6.35. The highest BCUT2D eigenvalue weighted by molar-refractivity contribution is 7.80. The molecule has 0 aliphatic heterocycles. The number of anilines is 1. The summed E-state index contributed by atoms with van der Waals surface area (Å²) in [6.45, 7) is 0. The molecule has 2 amide bonds. The Labute approximate surface area is 116 Å². The summed E-state index contributed by atoms with van der Waals surface area (Å²) >= 11 is 3.92. The molecule has 19 heavy (non-hydrogen) atoms. The highest BCUT2D eigenvalue weighted by Crippen LogP contribution is 2.15. The van der Waals surface area contributed by atoms with Gasteiger partial charge in [-0.15, -0.1) is 0 Å². The molecule has 1 atom stereocenters. The lowest BCUT2D eigenvalue weighted by atomic mass is 10.1. The third kappa shape index (κ3) is 3.80. The molecular weight excluding hydrogens is 266 g/mol. The zero-order valence-corrected chi connectivity index (χ0v) is 11.2. The van der Waals surface area contributed by atoms with Crippen molar-refractivity contribution < 1.29 is 14.4 Å². The lowest BCUT2D eigenvalue weighted by molar-refractivity contribution is -0.116. The molecule has 4 N–H and O–H groups in total. The van der Waals surface area contributed by atoms with Crippen LogP contribution in [0.4, 0.5) is 5.69 Å². The van der Waals surface area contributed by atoms with Gasteiger partial charge in [-0.25, -0.2) is 0 Å². The molecule has 0 saturated carbocycles. The van der Waals surface area contributed by atoms with Crippen LogP contribution >= 0.6 is 12.6 Å². The summed E-state index contributed by atoms with van der Waals surface area (Å²) in [4.78, 5) is 34.0. The summed E-state index contributed by atoms with van der Waals surface area (Å²) in [5, 5.41) is 4.98. The van der Waals surface area contributed by atoms with E-state index in [9.17, 15) is 14.4 Å². The largest absolute Gasteiger partial charge is 0.355 e. The summed E-state index contributed by atoms with van der Waals surface area (Å²) in [7, 11) is 1.47. The van der Waals surface area contributed by atoms with Gasteiger partial charge in [0.2, 0.25) is 5.91 Å². The topological polar surface area (TPSA) is 101 Å². The predicted molar refractivity (Wildman–Crippen MR) is 75.7 cm³/mol. The molecule has 7 heteroatoms. The molecular formula is C12H15N3O3S. The number of carbonyl (C=O) groups is 3. The Morgan fingerprint density at radius 1 is 1.47 bits per heavy atom. The van der Waals surface area contributed by atoms with E-state index in [0.717, 1.165) is 0 Å². The van der Waals surface area contributed by atoms with Crippen LogP contribution in [-0.2, 0) is 4.79 Å². The van der Waals surface area contributed by atoms with E-state index in [2.05, 4.69) is 23.3 Å². The molecule has 6 nitrogen and oxygen atoms in total. The van der Waals surface area contributed by atoms with Crippen LogP contribution in [0.1, 0.15) is 20.7 Å². The summed E-state index contributed by atoms with van der Waals surface area (Å²) in [5.74, 6) is -0.561. The second-order valence-electron chi connectivity index (χ2n) is 3.78. The third-order valence-electron chi connectivity index (χ3n) is 2.45. The quantitative estimate of drug-likeness (QED) is 0.452.